The van der Waals surface area contributed by atoms with Crippen LogP contribution in [0.5, 0.6) is 0 Å². The molecule has 25 heavy (non-hydrogen) atoms. The molecule has 6 heteroatoms. The summed E-state index contributed by atoms with van der Waals surface area (Å²) in [5, 5.41) is 0. The zero-order valence-corrected chi connectivity index (χ0v) is 15.4. The number of unbranched alkanes of at least 4 members (excludes halogenated alkanes) is 1. The fourth-order valence-electron chi connectivity index (χ4n) is 2.63. The average Bonchev–Trinajstić information content (AvgIpc) is 2.42. The number of carbonyl (C=O) groups excluding carboxylic acids is 1. The standard InChI is InChI=1S/C19H28F3NO2/c1-5-6-9-14-10-7-8-11-15(14)12-18(23,13-19(20,21)22)16(24)25-17(2,3)4/h7-8,10-11H,5-6,9,12-13,23H2,1-4H3/t18-/m0/s1. The van der Waals surface area contributed by atoms with Gasteiger partial charge in [0.2, 0.25) is 0 Å². The summed E-state index contributed by atoms with van der Waals surface area (Å²) in [6.45, 7) is 6.86. The largest absolute Gasteiger partial charge is 0.459 e. The number of aryl methyl sites for hydroxylation is 1. The number of ether oxygens (including phenoxy) is 1. The van der Waals surface area contributed by atoms with Gasteiger partial charge in [-0.15, -0.1) is 0 Å². The lowest BCUT2D eigenvalue weighted by Gasteiger charge is -2.32. The first-order valence-corrected chi connectivity index (χ1v) is 8.52. The molecule has 0 aliphatic heterocycles. The van der Waals surface area contributed by atoms with E-state index in [1.165, 1.54) is 0 Å². The van der Waals surface area contributed by atoms with Crippen LogP contribution in [-0.2, 0) is 22.4 Å². The van der Waals surface area contributed by atoms with Crippen molar-refractivity contribution in [3.63, 3.8) is 0 Å². The molecule has 1 atom stereocenters. The predicted octanol–water partition coefficient (Wildman–Crippen LogP) is 4.56. The fourth-order valence-corrected chi connectivity index (χ4v) is 2.63. The highest BCUT2D eigenvalue weighted by molar-refractivity contribution is 5.81. The van der Waals surface area contributed by atoms with E-state index in [2.05, 4.69) is 0 Å². The molecular weight excluding hydrogens is 331 g/mol. The molecule has 0 saturated carbocycles. The van der Waals surface area contributed by atoms with E-state index in [9.17, 15) is 18.0 Å². The Morgan fingerprint density at radius 3 is 2.16 bits per heavy atom. The summed E-state index contributed by atoms with van der Waals surface area (Å²) in [5.74, 6) is -1.03. The molecule has 0 fully saturated rings. The number of esters is 1. The number of nitrogens with two attached hydrogens (primary N) is 1. The minimum Gasteiger partial charge on any atom is -0.459 e. The minimum atomic E-state index is -4.57. The van der Waals surface area contributed by atoms with Gasteiger partial charge in [-0.1, -0.05) is 37.6 Å². The van der Waals surface area contributed by atoms with E-state index in [0.29, 0.717) is 5.56 Å². The number of hydrogen-bond donors (Lipinski definition) is 1. The first-order valence-electron chi connectivity index (χ1n) is 8.52. The Labute approximate surface area is 147 Å². The fraction of sp³-hybridized carbons (Fsp3) is 0.632. The lowest BCUT2D eigenvalue weighted by Crippen LogP contribution is -2.55. The summed E-state index contributed by atoms with van der Waals surface area (Å²) in [6.07, 6.45) is -3.57. The van der Waals surface area contributed by atoms with Crippen LogP contribution in [-0.4, -0.2) is 23.3 Å². The quantitative estimate of drug-likeness (QED) is 0.726. The van der Waals surface area contributed by atoms with Gasteiger partial charge < -0.3 is 10.5 Å². The second-order valence-electron chi connectivity index (χ2n) is 7.50. The lowest BCUT2D eigenvalue weighted by molar-refractivity contribution is -0.179. The van der Waals surface area contributed by atoms with Crippen LogP contribution in [0.4, 0.5) is 13.2 Å². The van der Waals surface area contributed by atoms with E-state index >= 15 is 0 Å². The molecule has 0 heterocycles. The van der Waals surface area contributed by atoms with Crippen molar-refractivity contribution in [3.8, 4) is 0 Å². The Morgan fingerprint density at radius 1 is 1.12 bits per heavy atom. The molecule has 0 amide bonds. The number of rotatable bonds is 7. The maximum Gasteiger partial charge on any atom is 0.391 e. The van der Waals surface area contributed by atoms with Crippen molar-refractivity contribution in [2.45, 2.75) is 77.1 Å². The van der Waals surface area contributed by atoms with Crippen LogP contribution in [0.15, 0.2) is 24.3 Å². The second kappa shape index (κ2) is 8.21. The molecule has 0 aliphatic carbocycles. The molecule has 1 aromatic rings. The van der Waals surface area contributed by atoms with Gasteiger partial charge in [-0.3, -0.25) is 4.79 Å². The molecule has 0 aromatic heterocycles. The molecule has 3 nitrogen and oxygen atoms in total. The molecule has 0 bridgehead atoms. The highest BCUT2D eigenvalue weighted by Gasteiger charge is 2.47. The van der Waals surface area contributed by atoms with E-state index in [1.807, 2.05) is 19.1 Å². The first-order chi connectivity index (χ1) is 11.4. The third-order valence-electron chi connectivity index (χ3n) is 3.75. The van der Waals surface area contributed by atoms with Crippen LogP contribution in [0.2, 0.25) is 0 Å². The molecule has 0 spiro atoms. The van der Waals surface area contributed by atoms with Crippen LogP contribution in [0.3, 0.4) is 0 Å². The smallest absolute Gasteiger partial charge is 0.391 e. The third-order valence-corrected chi connectivity index (χ3v) is 3.75. The van der Waals surface area contributed by atoms with Crippen LogP contribution in [0, 0.1) is 0 Å². The van der Waals surface area contributed by atoms with Gasteiger partial charge >= 0.3 is 12.1 Å². The van der Waals surface area contributed by atoms with Crippen molar-refractivity contribution in [1.29, 1.82) is 0 Å². The Bertz CT molecular complexity index is 579. The van der Waals surface area contributed by atoms with Gasteiger partial charge in [0.25, 0.3) is 0 Å². The van der Waals surface area contributed by atoms with E-state index in [4.69, 9.17) is 10.5 Å². The van der Waals surface area contributed by atoms with E-state index in [1.54, 1.807) is 32.9 Å². The van der Waals surface area contributed by atoms with Crippen molar-refractivity contribution in [2.75, 3.05) is 0 Å². The van der Waals surface area contributed by atoms with Crippen LogP contribution >= 0.6 is 0 Å². The van der Waals surface area contributed by atoms with Crippen molar-refractivity contribution in [2.24, 2.45) is 5.73 Å². The molecule has 0 unspecified atom stereocenters. The molecule has 142 valence electrons. The van der Waals surface area contributed by atoms with E-state index in [0.717, 1.165) is 24.8 Å². The molecule has 0 aliphatic rings. The van der Waals surface area contributed by atoms with Gasteiger partial charge in [0.1, 0.15) is 11.1 Å². The van der Waals surface area contributed by atoms with Gasteiger partial charge in [-0.2, -0.15) is 13.2 Å². The monoisotopic (exact) mass is 359 g/mol. The van der Waals surface area contributed by atoms with Crippen molar-refractivity contribution in [3.05, 3.63) is 35.4 Å². The zero-order chi connectivity index (χ0) is 19.3. The Kier molecular flexibility index (Phi) is 7.06. The summed E-state index contributed by atoms with van der Waals surface area (Å²) in [7, 11) is 0. The zero-order valence-electron chi connectivity index (χ0n) is 15.4. The van der Waals surface area contributed by atoms with Gasteiger partial charge in [0.15, 0.2) is 0 Å². The molecule has 0 radical (unpaired) electrons. The number of hydrogen-bond acceptors (Lipinski definition) is 3. The highest BCUT2D eigenvalue weighted by Crippen LogP contribution is 2.31. The highest BCUT2D eigenvalue weighted by atomic mass is 19.4. The summed E-state index contributed by atoms with van der Waals surface area (Å²) >= 11 is 0. The van der Waals surface area contributed by atoms with Crippen LogP contribution in [0.1, 0.15) is 58.1 Å². The number of alkyl halides is 3. The maximum absolute atomic E-state index is 13.1. The van der Waals surface area contributed by atoms with Gasteiger partial charge in [0.05, 0.1) is 6.42 Å². The predicted molar refractivity (Wildman–Crippen MR) is 92.2 cm³/mol. The SMILES string of the molecule is CCCCc1ccccc1C[C@](N)(CC(F)(F)F)C(=O)OC(C)(C)C. The minimum absolute atomic E-state index is 0.207. The maximum atomic E-state index is 13.1. The van der Waals surface area contributed by atoms with Crippen LogP contribution in [0.25, 0.3) is 0 Å². The number of benzene rings is 1. The molecule has 1 rings (SSSR count). The van der Waals surface area contributed by atoms with Crippen molar-refractivity contribution in [1.82, 2.24) is 0 Å². The van der Waals surface area contributed by atoms with Crippen molar-refractivity contribution >= 4 is 5.97 Å². The lowest BCUT2D eigenvalue weighted by atomic mass is 9.85. The van der Waals surface area contributed by atoms with E-state index < -0.39 is 29.7 Å². The van der Waals surface area contributed by atoms with Crippen molar-refractivity contribution < 1.29 is 22.7 Å². The number of carbonyl (C=O) groups is 1. The molecule has 0 saturated heterocycles. The summed E-state index contributed by atoms with van der Waals surface area (Å²) in [4.78, 5) is 12.4. The van der Waals surface area contributed by atoms with Crippen LogP contribution < -0.4 is 5.73 Å². The van der Waals surface area contributed by atoms with Gasteiger partial charge in [0, 0.05) is 6.42 Å². The molecule has 1 aromatic carbocycles. The Hall–Kier alpha value is -1.56. The second-order valence-corrected chi connectivity index (χ2v) is 7.50. The van der Waals surface area contributed by atoms with Gasteiger partial charge in [-0.05, 0) is 44.7 Å². The molecular formula is C19H28F3NO2. The summed E-state index contributed by atoms with van der Waals surface area (Å²) < 4.78 is 44.4. The Morgan fingerprint density at radius 2 is 1.68 bits per heavy atom. The summed E-state index contributed by atoms with van der Waals surface area (Å²) in [5.41, 5.74) is 4.50. The normalized spacial score (nSPS) is 14.9. The topological polar surface area (TPSA) is 52.3 Å². The third kappa shape index (κ3) is 7.46. The Balaban J connectivity index is 3.15. The van der Waals surface area contributed by atoms with E-state index in [-0.39, 0.29) is 6.42 Å². The summed E-state index contributed by atoms with van der Waals surface area (Å²) in [6, 6.07) is 7.18. The average molecular weight is 359 g/mol. The molecule has 2 N–H and O–H groups in total. The first kappa shape index (κ1) is 21.5. The van der Waals surface area contributed by atoms with Gasteiger partial charge in [-0.25, -0.2) is 0 Å². The number of halogens is 3.